The Morgan fingerprint density at radius 1 is 1.57 bits per heavy atom. The van der Waals surface area contributed by atoms with E-state index in [0.717, 1.165) is 0 Å². The zero-order valence-corrected chi connectivity index (χ0v) is 12.6. The number of rotatable bonds is 5. The van der Waals surface area contributed by atoms with Crippen LogP contribution in [0.25, 0.3) is 0 Å². The van der Waals surface area contributed by atoms with E-state index in [4.69, 9.17) is 5.73 Å². The minimum absolute atomic E-state index is 0.116. The summed E-state index contributed by atoms with van der Waals surface area (Å²) in [6, 6.07) is 2.75. The Morgan fingerprint density at radius 2 is 2.33 bits per heavy atom. The van der Waals surface area contributed by atoms with E-state index in [9.17, 15) is 4.79 Å². The molecule has 1 heterocycles. The molecule has 1 aromatic rings. The van der Waals surface area contributed by atoms with Crippen LogP contribution < -0.4 is 11.1 Å². The van der Waals surface area contributed by atoms with Gasteiger partial charge in [0.05, 0.1) is 12.1 Å². The van der Waals surface area contributed by atoms with Crippen LogP contribution in [0.4, 0.5) is 0 Å². The molecule has 0 aliphatic heterocycles. The molecule has 0 spiro atoms. The van der Waals surface area contributed by atoms with Crippen molar-refractivity contribution in [2.24, 2.45) is 5.73 Å². The average molecular weight is 286 g/mol. The monoisotopic (exact) mass is 286 g/mol. The van der Waals surface area contributed by atoms with Crippen LogP contribution in [0.5, 0.6) is 0 Å². The molecule has 0 aromatic carbocycles. The van der Waals surface area contributed by atoms with E-state index >= 15 is 0 Å². The second-order valence-corrected chi connectivity index (χ2v) is 5.42. The topological polar surface area (TPSA) is 71.2 Å². The summed E-state index contributed by atoms with van der Waals surface area (Å²) < 4.78 is 0. The van der Waals surface area contributed by atoms with Crippen molar-refractivity contribution in [2.75, 3.05) is 20.1 Å². The summed E-state index contributed by atoms with van der Waals surface area (Å²) >= 11 is 0. The molecule has 5 heteroatoms. The minimum atomic E-state index is -0.116. The van der Waals surface area contributed by atoms with E-state index in [0.29, 0.717) is 36.3 Å². The highest BCUT2D eigenvalue weighted by Gasteiger charge is 2.29. The Morgan fingerprint density at radius 3 is 3.00 bits per heavy atom. The Hall–Kier alpha value is -1.90. The Bertz CT molecular complexity index is 557. The summed E-state index contributed by atoms with van der Waals surface area (Å²) in [5, 5.41) is 2.95. The van der Waals surface area contributed by atoms with E-state index in [1.807, 2.05) is 0 Å². The van der Waals surface area contributed by atoms with Crippen molar-refractivity contribution in [3.8, 4) is 11.8 Å². The highest BCUT2D eigenvalue weighted by molar-refractivity contribution is 5.94. The lowest BCUT2D eigenvalue weighted by atomic mass is 10.2. The van der Waals surface area contributed by atoms with E-state index in [-0.39, 0.29) is 5.91 Å². The van der Waals surface area contributed by atoms with E-state index in [2.05, 4.69) is 41.0 Å². The van der Waals surface area contributed by atoms with Crippen molar-refractivity contribution in [1.29, 1.82) is 0 Å². The normalized spacial score (nSPS) is 15.2. The van der Waals surface area contributed by atoms with Gasteiger partial charge >= 0.3 is 0 Å². The number of likely N-dealkylation sites (N-methyl/N-ethyl adjacent to an activating group) is 1. The van der Waals surface area contributed by atoms with Gasteiger partial charge in [-0.3, -0.25) is 14.7 Å². The lowest BCUT2D eigenvalue weighted by molar-refractivity contribution is 0.0939. The van der Waals surface area contributed by atoms with E-state index < -0.39 is 0 Å². The van der Waals surface area contributed by atoms with Gasteiger partial charge in [-0.15, -0.1) is 0 Å². The Kier molecular flexibility index (Phi) is 5.32. The molecule has 1 unspecified atom stereocenters. The predicted molar refractivity (Wildman–Crippen MR) is 82.7 cm³/mol. The molecule has 5 nitrogen and oxygen atoms in total. The largest absolute Gasteiger partial charge is 0.350 e. The maximum Gasteiger partial charge on any atom is 0.252 e. The second-order valence-electron chi connectivity index (χ2n) is 5.42. The van der Waals surface area contributed by atoms with Gasteiger partial charge in [0.25, 0.3) is 5.91 Å². The standard InChI is InChI=1S/C16H22N4O/c1-12(20(2)15-5-6-15)9-19-16(21)14-8-13(4-3-7-17)10-18-11-14/h8,10-12,15H,5-7,9,17H2,1-2H3,(H,19,21). The minimum Gasteiger partial charge on any atom is -0.350 e. The zero-order chi connectivity index (χ0) is 15.2. The molecule has 1 fully saturated rings. The quantitative estimate of drug-likeness (QED) is 0.778. The SMILES string of the molecule is CC(CNC(=O)c1cncc(C#CCN)c1)N(C)C1CC1. The number of nitrogens with zero attached hydrogens (tertiary/aromatic N) is 2. The van der Waals surface area contributed by atoms with Crippen molar-refractivity contribution in [1.82, 2.24) is 15.2 Å². The number of hydrogen-bond acceptors (Lipinski definition) is 4. The molecule has 1 atom stereocenters. The number of amides is 1. The van der Waals surface area contributed by atoms with Crippen molar-refractivity contribution < 1.29 is 4.79 Å². The molecule has 1 saturated carbocycles. The molecule has 0 bridgehead atoms. The maximum atomic E-state index is 12.1. The van der Waals surface area contributed by atoms with Crippen molar-refractivity contribution in [3.05, 3.63) is 29.6 Å². The van der Waals surface area contributed by atoms with Crippen LogP contribution in [-0.2, 0) is 0 Å². The first-order chi connectivity index (χ1) is 10.1. The molecular weight excluding hydrogens is 264 g/mol. The van der Waals surface area contributed by atoms with Crippen molar-refractivity contribution in [2.45, 2.75) is 31.8 Å². The first-order valence-corrected chi connectivity index (χ1v) is 7.26. The molecule has 21 heavy (non-hydrogen) atoms. The van der Waals surface area contributed by atoms with Gasteiger partial charge in [-0.1, -0.05) is 11.8 Å². The van der Waals surface area contributed by atoms with Gasteiger partial charge in [0.2, 0.25) is 0 Å². The first-order valence-electron chi connectivity index (χ1n) is 7.26. The zero-order valence-electron chi connectivity index (χ0n) is 12.6. The smallest absolute Gasteiger partial charge is 0.252 e. The third kappa shape index (κ3) is 4.55. The highest BCUT2D eigenvalue weighted by atomic mass is 16.1. The molecule has 1 amide bonds. The van der Waals surface area contributed by atoms with Crippen LogP contribution in [0.15, 0.2) is 18.5 Å². The molecule has 1 aromatic heterocycles. The molecular formula is C16H22N4O. The Labute approximate surface area is 125 Å². The molecule has 1 aliphatic rings. The second kappa shape index (κ2) is 7.21. The lowest BCUT2D eigenvalue weighted by Crippen LogP contribution is -2.41. The van der Waals surface area contributed by atoms with Crippen LogP contribution in [0.1, 0.15) is 35.7 Å². The Balaban J connectivity index is 1.90. The fourth-order valence-electron chi connectivity index (χ4n) is 2.11. The number of hydrogen-bond donors (Lipinski definition) is 2. The molecule has 2 rings (SSSR count). The third-order valence-electron chi connectivity index (χ3n) is 3.71. The molecule has 0 saturated heterocycles. The first kappa shape index (κ1) is 15.5. The van der Waals surface area contributed by atoms with Gasteiger partial charge in [0.15, 0.2) is 0 Å². The number of nitrogens with two attached hydrogens (primary N) is 1. The van der Waals surface area contributed by atoms with Gasteiger partial charge < -0.3 is 11.1 Å². The van der Waals surface area contributed by atoms with Crippen LogP contribution in [0.2, 0.25) is 0 Å². The van der Waals surface area contributed by atoms with Gasteiger partial charge in [-0.05, 0) is 32.9 Å². The number of carbonyl (C=O) groups excluding carboxylic acids is 1. The molecule has 112 valence electrons. The lowest BCUT2D eigenvalue weighted by Gasteiger charge is -2.24. The fourth-order valence-corrected chi connectivity index (χ4v) is 2.11. The number of aromatic nitrogens is 1. The summed E-state index contributed by atoms with van der Waals surface area (Å²) in [4.78, 5) is 18.5. The van der Waals surface area contributed by atoms with Crippen LogP contribution in [0, 0.1) is 11.8 Å². The number of carbonyl (C=O) groups is 1. The van der Waals surface area contributed by atoms with Gasteiger partial charge in [0, 0.05) is 36.6 Å². The van der Waals surface area contributed by atoms with Crippen molar-refractivity contribution in [3.63, 3.8) is 0 Å². The number of pyridine rings is 1. The highest BCUT2D eigenvalue weighted by Crippen LogP contribution is 2.26. The number of nitrogens with one attached hydrogen (secondary N) is 1. The summed E-state index contributed by atoms with van der Waals surface area (Å²) in [6.07, 6.45) is 5.71. The fraction of sp³-hybridized carbons (Fsp3) is 0.500. The van der Waals surface area contributed by atoms with Gasteiger partial charge in [-0.2, -0.15) is 0 Å². The summed E-state index contributed by atoms with van der Waals surface area (Å²) in [7, 11) is 2.11. The predicted octanol–water partition coefficient (Wildman–Crippen LogP) is 0.604. The van der Waals surface area contributed by atoms with Crippen LogP contribution >= 0.6 is 0 Å². The average Bonchev–Trinajstić information content (AvgIpc) is 3.34. The summed E-state index contributed by atoms with van der Waals surface area (Å²) in [6.45, 7) is 3.05. The van der Waals surface area contributed by atoms with Crippen LogP contribution in [0.3, 0.4) is 0 Å². The molecule has 1 aliphatic carbocycles. The maximum absolute atomic E-state index is 12.1. The van der Waals surface area contributed by atoms with Crippen LogP contribution in [-0.4, -0.2) is 48.0 Å². The summed E-state index contributed by atoms with van der Waals surface area (Å²) in [5.41, 5.74) is 6.57. The van der Waals surface area contributed by atoms with E-state index in [1.54, 1.807) is 18.5 Å². The van der Waals surface area contributed by atoms with Crippen molar-refractivity contribution >= 4 is 5.91 Å². The third-order valence-corrected chi connectivity index (χ3v) is 3.71. The molecule has 3 N–H and O–H groups in total. The molecule has 0 radical (unpaired) electrons. The summed E-state index contributed by atoms with van der Waals surface area (Å²) in [5.74, 6) is 5.52. The van der Waals surface area contributed by atoms with Gasteiger partial charge in [0.1, 0.15) is 0 Å². The van der Waals surface area contributed by atoms with Gasteiger partial charge in [-0.25, -0.2) is 0 Å². The van der Waals surface area contributed by atoms with E-state index in [1.165, 1.54) is 12.8 Å².